The molecule has 0 aliphatic heterocycles. The van der Waals surface area contributed by atoms with Crippen LogP contribution in [0.2, 0.25) is 0 Å². The van der Waals surface area contributed by atoms with Gasteiger partial charge in [0.1, 0.15) is 11.6 Å². The summed E-state index contributed by atoms with van der Waals surface area (Å²) in [4.78, 5) is 4.44. The van der Waals surface area contributed by atoms with Gasteiger partial charge in [-0.25, -0.2) is 4.98 Å². The first-order valence-corrected chi connectivity index (χ1v) is 7.70. The molecule has 1 aromatic heterocycles. The maximum atomic E-state index is 9.91. The molecule has 2 N–H and O–H groups in total. The van der Waals surface area contributed by atoms with Crippen LogP contribution in [0.25, 0.3) is 0 Å². The summed E-state index contributed by atoms with van der Waals surface area (Å²) < 4.78 is 0. The molecule has 0 atom stereocenters. The zero-order chi connectivity index (χ0) is 16.5. The number of nitrogens with zero attached hydrogens (tertiary/aromatic N) is 1. The first-order chi connectivity index (χ1) is 10.2. The Kier molecular flexibility index (Phi) is 4.45. The number of benzene rings is 1. The minimum Gasteiger partial charge on any atom is -0.506 e. The number of aryl methyl sites for hydroxylation is 1. The molecule has 0 saturated carbocycles. The number of hydrogen-bond donors (Lipinski definition) is 2. The topological polar surface area (TPSA) is 45.2 Å². The van der Waals surface area contributed by atoms with E-state index >= 15 is 0 Å². The van der Waals surface area contributed by atoms with E-state index in [-0.39, 0.29) is 11.2 Å². The van der Waals surface area contributed by atoms with Crippen molar-refractivity contribution in [2.24, 2.45) is 0 Å². The van der Waals surface area contributed by atoms with Crippen molar-refractivity contribution in [3.05, 3.63) is 52.2 Å². The van der Waals surface area contributed by atoms with Crippen LogP contribution >= 0.6 is 0 Å². The van der Waals surface area contributed by atoms with Gasteiger partial charge in [0.15, 0.2) is 0 Å². The van der Waals surface area contributed by atoms with E-state index in [1.54, 1.807) is 0 Å². The number of hydrogen-bond acceptors (Lipinski definition) is 3. The number of pyridine rings is 1. The summed E-state index contributed by atoms with van der Waals surface area (Å²) in [6.45, 7) is 13.1. The summed E-state index contributed by atoms with van der Waals surface area (Å²) >= 11 is 0. The predicted octanol–water partition coefficient (Wildman–Crippen LogP) is 4.62. The Hall–Kier alpha value is -2.03. The van der Waals surface area contributed by atoms with Gasteiger partial charge in [0.25, 0.3) is 0 Å². The molecule has 118 valence electrons. The SMILES string of the molecule is Cc1nc(NCc2ccc(C(C)(C)C)cc2)c(C)c(C)c1O. The fourth-order valence-electron chi connectivity index (χ4n) is 2.41. The second-order valence-corrected chi connectivity index (χ2v) is 6.94. The molecule has 2 rings (SSSR count). The molecule has 1 heterocycles. The van der Waals surface area contributed by atoms with Crippen LogP contribution in [0.1, 0.15) is 48.7 Å². The van der Waals surface area contributed by atoms with Gasteiger partial charge in [-0.05, 0) is 48.4 Å². The largest absolute Gasteiger partial charge is 0.506 e. The maximum absolute atomic E-state index is 9.91. The molecule has 0 spiro atoms. The lowest BCUT2D eigenvalue weighted by molar-refractivity contribution is 0.463. The van der Waals surface area contributed by atoms with Crippen LogP contribution < -0.4 is 5.32 Å². The number of rotatable bonds is 3. The quantitative estimate of drug-likeness (QED) is 0.869. The smallest absolute Gasteiger partial charge is 0.140 e. The molecule has 0 aliphatic carbocycles. The lowest BCUT2D eigenvalue weighted by Crippen LogP contribution is -2.11. The van der Waals surface area contributed by atoms with Gasteiger partial charge in [0.2, 0.25) is 0 Å². The molecular weight excluding hydrogens is 272 g/mol. The van der Waals surface area contributed by atoms with Crippen molar-refractivity contribution in [1.82, 2.24) is 4.98 Å². The lowest BCUT2D eigenvalue weighted by atomic mass is 9.87. The summed E-state index contributed by atoms with van der Waals surface area (Å²) in [5, 5.41) is 13.3. The van der Waals surface area contributed by atoms with Crippen LogP contribution in [-0.4, -0.2) is 10.1 Å². The van der Waals surface area contributed by atoms with E-state index in [9.17, 15) is 5.11 Å². The molecule has 22 heavy (non-hydrogen) atoms. The molecule has 3 heteroatoms. The molecule has 0 unspecified atom stereocenters. The zero-order valence-corrected chi connectivity index (χ0v) is 14.4. The molecule has 2 aromatic rings. The van der Waals surface area contributed by atoms with Crippen molar-refractivity contribution in [1.29, 1.82) is 0 Å². The standard InChI is InChI=1S/C19H26N2O/c1-12-13(2)18(21-14(3)17(12)22)20-11-15-7-9-16(10-8-15)19(4,5)6/h7-10,22H,11H2,1-6H3,(H,20,21). The van der Waals surface area contributed by atoms with Crippen molar-refractivity contribution < 1.29 is 5.11 Å². The minimum absolute atomic E-state index is 0.176. The number of anilines is 1. The van der Waals surface area contributed by atoms with Crippen molar-refractivity contribution >= 4 is 5.82 Å². The normalized spacial score (nSPS) is 11.5. The van der Waals surface area contributed by atoms with Gasteiger partial charge < -0.3 is 10.4 Å². The van der Waals surface area contributed by atoms with E-state index in [1.165, 1.54) is 11.1 Å². The molecule has 3 nitrogen and oxygen atoms in total. The van der Waals surface area contributed by atoms with E-state index in [4.69, 9.17) is 0 Å². The summed E-state index contributed by atoms with van der Waals surface area (Å²) in [6, 6.07) is 8.68. The highest BCUT2D eigenvalue weighted by atomic mass is 16.3. The van der Waals surface area contributed by atoms with Gasteiger partial charge in [0.05, 0.1) is 5.69 Å². The Bertz CT molecular complexity index is 667. The first-order valence-electron chi connectivity index (χ1n) is 7.70. The van der Waals surface area contributed by atoms with Crippen LogP contribution in [0.4, 0.5) is 5.82 Å². The Labute approximate surface area is 133 Å². The average Bonchev–Trinajstić information content (AvgIpc) is 2.47. The molecule has 0 bridgehead atoms. The fraction of sp³-hybridized carbons (Fsp3) is 0.421. The van der Waals surface area contributed by atoms with Crippen LogP contribution in [0, 0.1) is 20.8 Å². The summed E-state index contributed by atoms with van der Waals surface area (Å²) in [5.74, 6) is 1.13. The molecule has 0 fully saturated rings. The first kappa shape index (κ1) is 16.3. The van der Waals surface area contributed by atoms with Gasteiger partial charge in [0, 0.05) is 6.54 Å². The third-order valence-electron chi connectivity index (χ3n) is 4.18. The molecule has 1 aromatic carbocycles. The van der Waals surface area contributed by atoms with Gasteiger partial charge in [-0.2, -0.15) is 0 Å². The summed E-state index contributed by atoms with van der Waals surface area (Å²) in [7, 11) is 0. The monoisotopic (exact) mass is 298 g/mol. The second-order valence-electron chi connectivity index (χ2n) is 6.94. The maximum Gasteiger partial charge on any atom is 0.140 e. The van der Waals surface area contributed by atoms with Gasteiger partial charge in [-0.1, -0.05) is 45.0 Å². The molecule has 0 saturated heterocycles. The van der Waals surface area contributed by atoms with Gasteiger partial charge >= 0.3 is 0 Å². The van der Waals surface area contributed by atoms with Gasteiger partial charge in [-0.15, -0.1) is 0 Å². The van der Waals surface area contributed by atoms with E-state index in [1.807, 2.05) is 20.8 Å². The Balaban J connectivity index is 2.14. The van der Waals surface area contributed by atoms with Crippen LogP contribution in [-0.2, 0) is 12.0 Å². The predicted molar refractivity (Wildman–Crippen MR) is 92.6 cm³/mol. The third kappa shape index (κ3) is 3.41. The van der Waals surface area contributed by atoms with Crippen molar-refractivity contribution in [3.63, 3.8) is 0 Å². The molecule has 0 aliphatic rings. The Morgan fingerprint density at radius 1 is 1.00 bits per heavy atom. The van der Waals surface area contributed by atoms with E-state index < -0.39 is 0 Å². The molecule has 0 radical (unpaired) electrons. The second kappa shape index (κ2) is 5.99. The molecular formula is C19H26N2O. The van der Waals surface area contributed by atoms with Crippen molar-refractivity contribution in [2.75, 3.05) is 5.32 Å². The Morgan fingerprint density at radius 3 is 2.14 bits per heavy atom. The number of aromatic hydroxyl groups is 1. The average molecular weight is 298 g/mol. The van der Waals surface area contributed by atoms with Crippen molar-refractivity contribution in [2.45, 2.75) is 53.5 Å². The van der Waals surface area contributed by atoms with Gasteiger partial charge in [-0.3, -0.25) is 0 Å². The highest BCUT2D eigenvalue weighted by Gasteiger charge is 2.13. The van der Waals surface area contributed by atoms with Crippen LogP contribution in [0.15, 0.2) is 24.3 Å². The van der Waals surface area contributed by atoms with E-state index in [0.29, 0.717) is 5.69 Å². The minimum atomic E-state index is 0.176. The third-order valence-corrected chi connectivity index (χ3v) is 4.18. The van der Waals surface area contributed by atoms with Crippen molar-refractivity contribution in [3.8, 4) is 5.75 Å². The van der Waals surface area contributed by atoms with E-state index in [2.05, 4.69) is 55.3 Å². The molecule has 0 amide bonds. The summed E-state index contributed by atoms with van der Waals surface area (Å²) in [5.41, 5.74) is 5.27. The highest BCUT2D eigenvalue weighted by Crippen LogP contribution is 2.28. The Morgan fingerprint density at radius 2 is 1.59 bits per heavy atom. The summed E-state index contributed by atoms with van der Waals surface area (Å²) in [6.07, 6.45) is 0. The zero-order valence-electron chi connectivity index (χ0n) is 14.4. The fourth-order valence-corrected chi connectivity index (χ4v) is 2.41. The number of aromatic nitrogens is 1. The van der Waals surface area contributed by atoms with E-state index in [0.717, 1.165) is 23.5 Å². The lowest BCUT2D eigenvalue weighted by Gasteiger charge is -2.19. The van der Waals surface area contributed by atoms with Crippen LogP contribution in [0.3, 0.4) is 0 Å². The highest BCUT2D eigenvalue weighted by molar-refractivity contribution is 5.54. The van der Waals surface area contributed by atoms with Crippen LogP contribution in [0.5, 0.6) is 5.75 Å². The number of nitrogens with one attached hydrogen (secondary N) is 1.